The molecule has 0 radical (unpaired) electrons. The minimum atomic E-state index is -0.0342. The fourth-order valence-corrected chi connectivity index (χ4v) is 2.96. The average Bonchev–Trinajstić information content (AvgIpc) is 2.95. The number of carbonyl (C=O) groups excluding carboxylic acids is 1. The molecule has 1 aliphatic carbocycles. The van der Waals surface area contributed by atoms with E-state index in [0.29, 0.717) is 6.61 Å². The van der Waals surface area contributed by atoms with E-state index in [-0.39, 0.29) is 23.9 Å². The van der Waals surface area contributed by atoms with Gasteiger partial charge in [-0.15, -0.1) is 0 Å². The molecule has 5 heteroatoms. The molecule has 1 atom stereocenters. The van der Waals surface area contributed by atoms with Crippen LogP contribution in [0.25, 0.3) is 0 Å². The van der Waals surface area contributed by atoms with Crippen molar-refractivity contribution >= 4 is 17.6 Å². The third-order valence-corrected chi connectivity index (χ3v) is 4.21. The zero-order chi connectivity index (χ0) is 14.7. The fraction of sp³-hybridized carbons (Fsp3) is 0.500. The molecule has 1 aromatic carbocycles. The second-order valence-electron chi connectivity index (χ2n) is 5.74. The van der Waals surface area contributed by atoms with E-state index in [1.54, 1.807) is 0 Å². The SMILES string of the molecule is NC1=NC(c2ccc(NC(=O)C3CCCCC3)cc2)CO1. The summed E-state index contributed by atoms with van der Waals surface area (Å²) in [5, 5.41) is 3.01. The van der Waals surface area contributed by atoms with Crippen LogP contribution >= 0.6 is 0 Å². The van der Waals surface area contributed by atoms with Gasteiger partial charge in [-0.1, -0.05) is 31.4 Å². The summed E-state index contributed by atoms with van der Waals surface area (Å²) in [6.45, 7) is 0.486. The molecule has 3 N–H and O–H groups in total. The zero-order valence-corrected chi connectivity index (χ0v) is 12.0. The maximum absolute atomic E-state index is 12.2. The van der Waals surface area contributed by atoms with E-state index >= 15 is 0 Å². The Morgan fingerprint density at radius 3 is 2.52 bits per heavy atom. The molecule has 5 nitrogen and oxygen atoms in total. The van der Waals surface area contributed by atoms with Crippen molar-refractivity contribution in [2.45, 2.75) is 38.1 Å². The molecule has 3 rings (SSSR count). The predicted octanol–water partition coefficient (Wildman–Crippen LogP) is 2.59. The van der Waals surface area contributed by atoms with Crippen LogP contribution in [0.2, 0.25) is 0 Å². The van der Waals surface area contributed by atoms with Crippen LogP contribution < -0.4 is 11.1 Å². The minimum Gasteiger partial charge on any atom is -0.463 e. The lowest BCUT2D eigenvalue weighted by Gasteiger charge is -2.20. The Morgan fingerprint density at radius 2 is 1.90 bits per heavy atom. The maximum atomic E-state index is 12.2. The van der Waals surface area contributed by atoms with Gasteiger partial charge in [-0.05, 0) is 30.5 Å². The number of hydrogen-bond acceptors (Lipinski definition) is 4. The van der Waals surface area contributed by atoms with Crippen molar-refractivity contribution in [3.63, 3.8) is 0 Å². The fourth-order valence-electron chi connectivity index (χ4n) is 2.96. The molecule has 1 heterocycles. The molecule has 112 valence electrons. The van der Waals surface area contributed by atoms with Gasteiger partial charge in [-0.3, -0.25) is 4.79 Å². The van der Waals surface area contributed by atoms with Gasteiger partial charge in [0.15, 0.2) is 0 Å². The molecule has 0 saturated heterocycles. The topological polar surface area (TPSA) is 76.7 Å². The number of ether oxygens (including phenoxy) is 1. The van der Waals surface area contributed by atoms with Crippen LogP contribution in [0, 0.1) is 5.92 Å². The van der Waals surface area contributed by atoms with Gasteiger partial charge in [-0.2, -0.15) is 0 Å². The van der Waals surface area contributed by atoms with E-state index in [9.17, 15) is 4.79 Å². The number of anilines is 1. The molecule has 2 aliphatic rings. The predicted molar refractivity (Wildman–Crippen MR) is 82.0 cm³/mol. The molecular formula is C16H21N3O2. The number of nitrogens with one attached hydrogen (secondary N) is 1. The Balaban J connectivity index is 1.60. The monoisotopic (exact) mass is 287 g/mol. The number of rotatable bonds is 3. The van der Waals surface area contributed by atoms with Crippen LogP contribution in [0.3, 0.4) is 0 Å². The van der Waals surface area contributed by atoms with Crippen molar-refractivity contribution in [1.82, 2.24) is 0 Å². The Hall–Kier alpha value is -2.04. The smallest absolute Gasteiger partial charge is 0.282 e. The number of benzene rings is 1. The number of amidine groups is 1. The molecule has 1 unspecified atom stereocenters. The lowest BCUT2D eigenvalue weighted by Crippen LogP contribution is -2.24. The first-order chi connectivity index (χ1) is 10.2. The summed E-state index contributed by atoms with van der Waals surface area (Å²) in [5.74, 6) is 0.319. The van der Waals surface area contributed by atoms with Crippen molar-refractivity contribution in [2.24, 2.45) is 16.6 Å². The van der Waals surface area contributed by atoms with E-state index < -0.39 is 0 Å². The molecule has 0 spiro atoms. The molecule has 0 bridgehead atoms. The molecular weight excluding hydrogens is 266 g/mol. The normalized spacial score (nSPS) is 22.5. The van der Waals surface area contributed by atoms with Crippen LogP contribution in [-0.2, 0) is 9.53 Å². The molecule has 21 heavy (non-hydrogen) atoms. The first kappa shape index (κ1) is 13.9. The zero-order valence-electron chi connectivity index (χ0n) is 12.0. The lowest BCUT2D eigenvalue weighted by molar-refractivity contribution is -0.120. The second-order valence-corrected chi connectivity index (χ2v) is 5.74. The van der Waals surface area contributed by atoms with E-state index in [1.807, 2.05) is 24.3 Å². The van der Waals surface area contributed by atoms with E-state index in [0.717, 1.165) is 36.9 Å². The Labute approximate surface area is 124 Å². The summed E-state index contributed by atoms with van der Waals surface area (Å²) in [4.78, 5) is 16.4. The highest BCUT2D eigenvalue weighted by molar-refractivity contribution is 5.92. The third-order valence-electron chi connectivity index (χ3n) is 4.21. The van der Waals surface area contributed by atoms with Crippen LogP contribution in [0.5, 0.6) is 0 Å². The first-order valence-corrected chi connectivity index (χ1v) is 7.59. The molecule has 0 aromatic heterocycles. The summed E-state index contributed by atoms with van der Waals surface area (Å²) < 4.78 is 5.15. The summed E-state index contributed by atoms with van der Waals surface area (Å²) in [6.07, 6.45) is 5.61. The van der Waals surface area contributed by atoms with Gasteiger partial charge in [0, 0.05) is 11.6 Å². The number of amides is 1. The highest BCUT2D eigenvalue weighted by atomic mass is 16.5. The van der Waals surface area contributed by atoms with Crippen molar-refractivity contribution < 1.29 is 9.53 Å². The number of nitrogens with zero attached hydrogens (tertiary/aromatic N) is 1. The van der Waals surface area contributed by atoms with Crippen LogP contribution in [0.15, 0.2) is 29.3 Å². The van der Waals surface area contributed by atoms with E-state index in [2.05, 4.69) is 10.3 Å². The summed E-state index contributed by atoms with van der Waals surface area (Å²) in [6, 6.07) is 7.97. The average molecular weight is 287 g/mol. The van der Waals surface area contributed by atoms with Gasteiger partial charge in [0.2, 0.25) is 5.91 Å². The third kappa shape index (κ3) is 3.35. The van der Waals surface area contributed by atoms with Gasteiger partial charge in [0.1, 0.15) is 12.6 Å². The van der Waals surface area contributed by atoms with E-state index in [4.69, 9.17) is 10.5 Å². The summed E-state index contributed by atoms with van der Waals surface area (Å²) in [7, 11) is 0. The summed E-state index contributed by atoms with van der Waals surface area (Å²) in [5.41, 5.74) is 7.40. The second kappa shape index (κ2) is 6.16. The Bertz CT molecular complexity index is 533. The van der Waals surface area contributed by atoms with Crippen molar-refractivity contribution in [3.05, 3.63) is 29.8 Å². The molecule has 1 aromatic rings. The largest absolute Gasteiger partial charge is 0.463 e. The van der Waals surface area contributed by atoms with Crippen LogP contribution in [-0.4, -0.2) is 18.5 Å². The van der Waals surface area contributed by atoms with Gasteiger partial charge in [0.05, 0.1) is 0 Å². The van der Waals surface area contributed by atoms with Gasteiger partial charge in [-0.25, -0.2) is 4.99 Å². The summed E-state index contributed by atoms with van der Waals surface area (Å²) >= 11 is 0. The van der Waals surface area contributed by atoms with Crippen molar-refractivity contribution in [2.75, 3.05) is 11.9 Å². The standard InChI is InChI=1S/C16H21N3O2/c17-16-19-14(10-21-16)11-6-8-13(9-7-11)18-15(20)12-4-2-1-3-5-12/h6-9,12,14H,1-5,10H2,(H2,17,19)(H,18,20). The molecule has 1 saturated carbocycles. The van der Waals surface area contributed by atoms with Gasteiger partial charge < -0.3 is 15.8 Å². The van der Waals surface area contributed by atoms with Crippen LogP contribution in [0.1, 0.15) is 43.7 Å². The quantitative estimate of drug-likeness (QED) is 0.897. The van der Waals surface area contributed by atoms with E-state index in [1.165, 1.54) is 6.42 Å². The van der Waals surface area contributed by atoms with Crippen molar-refractivity contribution in [1.29, 1.82) is 0 Å². The van der Waals surface area contributed by atoms with Crippen molar-refractivity contribution in [3.8, 4) is 0 Å². The number of nitrogens with two attached hydrogens (primary N) is 1. The highest BCUT2D eigenvalue weighted by Crippen LogP contribution is 2.26. The molecule has 1 fully saturated rings. The Kier molecular flexibility index (Phi) is 4.08. The number of hydrogen-bond donors (Lipinski definition) is 2. The number of carbonyl (C=O) groups is 1. The highest BCUT2D eigenvalue weighted by Gasteiger charge is 2.21. The minimum absolute atomic E-state index is 0.0342. The van der Waals surface area contributed by atoms with Crippen LogP contribution in [0.4, 0.5) is 5.69 Å². The first-order valence-electron chi connectivity index (χ1n) is 7.59. The Morgan fingerprint density at radius 1 is 1.19 bits per heavy atom. The maximum Gasteiger partial charge on any atom is 0.282 e. The van der Waals surface area contributed by atoms with Gasteiger partial charge >= 0.3 is 0 Å². The number of aliphatic imine (C=N–C) groups is 1. The van der Waals surface area contributed by atoms with Gasteiger partial charge in [0.25, 0.3) is 6.02 Å². The lowest BCUT2D eigenvalue weighted by atomic mass is 9.88. The molecule has 1 aliphatic heterocycles. The molecule has 1 amide bonds.